The Morgan fingerprint density at radius 3 is 2.50 bits per heavy atom. The van der Waals surface area contributed by atoms with Gasteiger partial charge in [0, 0.05) is 16.3 Å². The third kappa shape index (κ3) is 6.81. The smallest absolute Gasteiger partial charge is 0.348 e. The standard InChI is InChI=1S/C28H22BrClN2O5S/c1-4-36-28(34)27-16(2)21(14-32)25(38-27)12-23(33)19(13-31)9-18-10-22(29)26(24(11-18)35-3)37-15-17-5-7-20(30)8-6-17/h5-11H,4,12,15H2,1-3H3. The number of hydrogen-bond donors (Lipinski definition) is 0. The lowest BCUT2D eigenvalue weighted by molar-refractivity contribution is -0.114. The van der Waals surface area contributed by atoms with Crippen molar-refractivity contribution in [2.24, 2.45) is 0 Å². The van der Waals surface area contributed by atoms with Gasteiger partial charge < -0.3 is 14.2 Å². The molecule has 0 aliphatic carbocycles. The van der Waals surface area contributed by atoms with Crippen LogP contribution in [0.15, 0.2) is 46.4 Å². The maximum atomic E-state index is 13.0. The first kappa shape index (κ1) is 28.9. The Balaban J connectivity index is 1.85. The van der Waals surface area contributed by atoms with E-state index in [2.05, 4.69) is 22.0 Å². The van der Waals surface area contributed by atoms with Crippen LogP contribution in [0.5, 0.6) is 11.5 Å². The normalized spacial score (nSPS) is 10.9. The molecule has 0 saturated carbocycles. The summed E-state index contributed by atoms with van der Waals surface area (Å²) < 4.78 is 17.0. The Morgan fingerprint density at radius 1 is 1.18 bits per heavy atom. The molecule has 0 N–H and O–H groups in total. The van der Waals surface area contributed by atoms with Gasteiger partial charge in [0.25, 0.3) is 0 Å². The van der Waals surface area contributed by atoms with E-state index in [1.165, 1.54) is 13.2 Å². The molecular formula is C28H22BrClN2O5S. The highest BCUT2D eigenvalue weighted by Crippen LogP contribution is 2.38. The van der Waals surface area contributed by atoms with Gasteiger partial charge in [-0.1, -0.05) is 23.7 Å². The van der Waals surface area contributed by atoms with Crippen molar-refractivity contribution in [3.8, 4) is 23.6 Å². The minimum atomic E-state index is -0.545. The molecule has 0 amide bonds. The summed E-state index contributed by atoms with van der Waals surface area (Å²) >= 11 is 10.4. The van der Waals surface area contributed by atoms with Crippen LogP contribution in [-0.2, 0) is 22.6 Å². The van der Waals surface area contributed by atoms with Crippen LogP contribution in [0.1, 0.15) is 43.7 Å². The number of methoxy groups -OCH3 is 1. The van der Waals surface area contributed by atoms with E-state index in [0.717, 1.165) is 16.9 Å². The molecule has 0 aliphatic rings. The second-order valence-corrected chi connectivity index (χ2v) is 10.3. The molecule has 0 atom stereocenters. The number of halogens is 2. The van der Waals surface area contributed by atoms with Crippen LogP contribution < -0.4 is 9.47 Å². The largest absolute Gasteiger partial charge is 0.493 e. The predicted octanol–water partition coefficient (Wildman–Crippen LogP) is 6.83. The molecule has 3 rings (SSSR count). The van der Waals surface area contributed by atoms with E-state index in [-0.39, 0.29) is 35.6 Å². The van der Waals surface area contributed by atoms with Crippen molar-refractivity contribution in [2.75, 3.05) is 13.7 Å². The fourth-order valence-electron chi connectivity index (χ4n) is 3.52. The van der Waals surface area contributed by atoms with E-state index in [1.54, 1.807) is 38.1 Å². The van der Waals surface area contributed by atoms with Gasteiger partial charge in [-0.2, -0.15) is 10.5 Å². The summed E-state index contributed by atoms with van der Waals surface area (Å²) in [5.74, 6) is -0.164. The summed E-state index contributed by atoms with van der Waals surface area (Å²) in [5, 5.41) is 19.9. The third-order valence-corrected chi connectivity index (χ3v) is 7.51. The molecule has 0 saturated heterocycles. The van der Waals surface area contributed by atoms with Crippen LogP contribution in [-0.4, -0.2) is 25.5 Å². The van der Waals surface area contributed by atoms with Gasteiger partial charge >= 0.3 is 5.97 Å². The zero-order chi connectivity index (χ0) is 27.8. The number of nitriles is 2. The van der Waals surface area contributed by atoms with Gasteiger partial charge in [0.1, 0.15) is 23.6 Å². The van der Waals surface area contributed by atoms with Gasteiger partial charge in [-0.25, -0.2) is 4.79 Å². The average Bonchev–Trinajstić information content (AvgIpc) is 3.21. The van der Waals surface area contributed by atoms with Gasteiger partial charge in [-0.05, 0) is 76.8 Å². The summed E-state index contributed by atoms with van der Waals surface area (Å²) in [5.41, 5.74) is 2.05. The lowest BCUT2D eigenvalue weighted by Crippen LogP contribution is -2.05. The fraction of sp³-hybridized carbons (Fsp3) is 0.214. The number of esters is 1. The van der Waals surface area contributed by atoms with Crippen molar-refractivity contribution in [1.29, 1.82) is 10.5 Å². The Hall–Kier alpha value is -3.63. The first-order valence-corrected chi connectivity index (χ1v) is 13.3. The molecule has 7 nitrogen and oxygen atoms in total. The zero-order valence-electron chi connectivity index (χ0n) is 20.8. The molecular weight excluding hydrogens is 592 g/mol. The van der Waals surface area contributed by atoms with Crippen LogP contribution in [0.3, 0.4) is 0 Å². The average molecular weight is 614 g/mol. The number of allylic oxidation sites excluding steroid dienone is 1. The molecule has 10 heteroatoms. The monoisotopic (exact) mass is 612 g/mol. The first-order valence-electron chi connectivity index (χ1n) is 11.3. The van der Waals surface area contributed by atoms with Crippen molar-refractivity contribution in [3.63, 3.8) is 0 Å². The Bertz CT molecular complexity index is 1480. The Morgan fingerprint density at radius 2 is 1.89 bits per heavy atom. The number of rotatable bonds is 10. The van der Waals surface area contributed by atoms with E-state index in [4.69, 9.17) is 25.8 Å². The number of carbonyl (C=O) groups excluding carboxylic acids is 2. The van der Waals surface area contributed by atoms with E-state index in [9.17, 15) is 20.1 Å². The SMILES string of the molecule is CCOC(=O)c1sc(CC(=O)C(C#N)=Cc2cc(Br)c(OCc3ccc(Cl)cc3)c(OC)c2)c(C#N)c1C. The minimum Gasteiger partial charge on any atom is -0.493 e. The molecule has 194 valence electrons. The fourth-order valence-corrected chi connectivity index (χ4v) is 5.37. The van der Waals surface area contributed by atoms with Crippen LogP contribution in [0.2, 0.25) is 5.02 Å². The lowest BCUT2D eigenvalue weighted by Gasteiger charge is -2.14. The van der Waals surface area contributed by atoms with Gasteiger partial charge in [0.15, 0.2) is 17.3 Å². The minimum absolute atomic E-state index is 0.110. The van der Waals surface area contributed by atoms with Gasteiger partial charge in [0.2, 0.25) is 0 Å². The molecule has 1 heterocycles. The topological polar surface area (TPSA) is 109 Å². The molecule has 2 aromatic carbocycles. The zero-order valence-corrected chi connectivity index (χ0v) is 23.9. The van der Waals surface area contributed by atoms with Crippen LogP contribution >= 0.6 is 38.9 Å². The lowest BCUT2D eigenvalue weighted by atomic mass is 10.0. The van der Waals surface area contributed by atoms with E-state index in [0.29, 0.717) is 37.0 Å². The molecule has 38 heavy (non-hydrogen) atoms. The number of Topliss-reactive ketones (excluding diaryl/α,β-unsaturated/α-hetero) is 1. The molecule has 1 aromatic heterocycles. The third-order valence-electron chi connectivity index (χ3n) is 5.39. The number of hydrogen-bond acceptors (Lipinski definition) is 8. The van der Waals surface area contributed by atoms with Crippen LogP contribution in [0.25, 0.3) is 6.08 Å². The van der Waals surface area contributed by atoms with Gasteiger partial charge in [-0.15, -0.1) is 11.3 Å². The number of ketones is 1. The first-order chi connectivity index (χ1) is 18.2. The highest BCUT2D eigenvalue weighted by atomic mass is 79.9. The highest BCUT2D eigenvalue weighted by Gasteiger charge is 2.23. The summed E-state index contributed by atoms with van der Waals surface area (Å²) in [7, 11) is 1.49. The van der Waals surface area contributed by atoms with Crippen molar-refractivity contribution in [3.05, 3.63) is 83.5 Å². The maximum Gasteiger partial charge on any atom is 0.348 e. The van der Waals surface area contributed by atoms with Crippen molar-refractivity contribution < 1.29 is 23.8 Å². The van der Waals surface area contributed by atoms with E-state index < -0.39 is 11.8 Å². The van der Waals surface area contributed by atoms with Crippen LogP contribution in [0.4, 0.5) is 0 Å². The molecule has 0 radical (unpaired) electrons. The molecule has 0 bridgehead atoms. The molecule has 3 aromatic rings. The summed E-state index contributed by atoms with van der Waals surface area (Å²) in [6.07, 6.45) is 1.24. The number of carbonyl (C=O) groups is 2. The van der Waals surface area contributed by atoms with Gasteiger partial charge in [0.05, 0.1) is 29.3 Å². The quantitative estimate of drug-likeness (QED) is 0.140. The maximum absolute atomic E-state index is 13.0. The number of nitrogens with zero attached hydrogens (tertiary/aromatic N) is 2. The summed E-state index contributed by atoms with van der Waals surface area (Å²) in [6.45, 7) is 3.79. The highest BCUT2D eigenvalue weighted by molar-refractivity contribution is 9.10. The molecule has 0 spiro atoms. The van der Waals surface area contributed by atoms with Crippen molar-refractivity contribution >= 4 is 56.7 Å². The Kier molecular flexibility index (Phi) is 10.1. The van der Waals surface area contributed by atoms with E-state index in [1.807, 2.05) is 18.2 Å². The van der Waals surface area contributed by atoms with E-state index >= 15 is 0 Å². The molecule has 0 unspecified atom stereocenters. The number of thiophene rings is 1. The van der Waals surface area contributed by atoms with Crippen molar-refractivity contribution in [2.45, 2.75) is 26.9 Å². The summed E-state index contributed by atoms with van der Waals surface area (Å²) in [4.78, 5) is 25.9. The summed E-state index contributed by atoms with van der Waals surface area (Å²) in [6, 6.07) is 14.6. The van der Waals surface area contributed by atoms with Gasteiger partial charge in [-0.3, -0.25) is 4.79 Å². The van der Waals surface area contributed by atoms with Crippen LogP contribution in [0, 0.1) is 29.6 Å². The number of benzene rings is 2. The second kappa shape index (κ2) is 13.3. The number of ether oxygens (including phenoxy) is 3. The molecule has 0 fully saturated rings. The Labute approximate surface area is 237 Å². The van der Waals surface area contributed by atoms with Crippen molar-refractivity contribution in [1.82, 2.24) is 0 Å². The second-order valence-electron chi connectivity index (χ2n) is 7.91. The predicted molar refractivity (Wildman–Crippen MR) is 149 cm³/mol. The molecule has 0 aliphatic heterocycles.